The van der Waals surface area contributed by atoms with Gasteiger partial charge in [-0.05, 0) is 60.7 Å². The summed E-state index contributed by atoms with van der Waals surface area (Å²) in [6.45, 7) is 0.0563. The number of carbonyl (C=O) groups is 4. The summed E-state index contributed by atoms with van der Waals surface area (Å²) in [4.78, 5) is 58.3. The molecule has 1 saturated carbocycles. The quantitative estimate of drug-likeness (QED) is 0.358. The Morgan fingerprint density at radius 3 is 1.83 bits per heavy atom. The highest BCUT2D eigenvalue weighted by molar-refractivity contribution is 6.24. The van der Waals surface area contributed by atoms with Crippen molar-refractivity contribution in [3.63, 3.8) is 0 Å². The van der Waals surface area contributed by atoms with Crippen molar-refractivity contribution in [2.24, 2.45) is 29.6 Å². The fourth-order valence-corrected chi connectivity index (χ4v) is 7.56. The molecule has 4 amide bonds. The smallest absolute Gasteiger partial charge is 0.238 e. The summed E-state index contributed by atoms with van der Waals surface area (Å²) >= 11 is 0. The van der Waals surface area contributed by atoms with E-state index in [9.17, 15) is 19.2 Å². The number of hydrogen-bond donors (Lipinski definition) is 1. The molecule has 2 aliphatic heterocycles. The second kappa shape index (κ2) is 10.4. The first-order valence-corrected chi connectivity index (χ1v) is 14.4. The Kier molecular flexibility index (Phi) is 6.50. The van der Waals surface area contributed by atoms with Crippen LogP contribution >= 0.6 is 0 Å². The van der Waals surface area contributed by atoms with E-state index in [1.54, 1.807) is 60.7 Å². The first kappa shape index (κ1) is 26.3. The molecule has 6 atom stereocenters. The number of anilines is 2. The van der Waals surface area contributed by atoms with Gasteiger partial charge in [-0.2, -0.15) is 0 Å². The Bertz CT molecular complexity index is 1590. The SMILES string of the molecule is O=C1C2CC=C3C(CC4C(=O)N(c5ccccc5)C(=O)C4C3c3ccc(OCCO)cc3)C2C(=O)N1c1ccccc1. The lowest BCUT2D eigenvalue weighted by Gasteiger charge is -2.44. The van der Waals surface area contributed by atoms with Gasteiger partial charge in [0.2, 0.25) is 23.6 Å². The molecule has 7 rings (SSSR count). The predicted molar refractivity (Wildman–Crippen MR) is 154 cm³/mol. The summed E-state index contributed by atoms with van der Waals surface area (Å²) in [6, 6.07) is 25.3. The van der Waals surface area contributed by atoms with Crippen LogP contribution in [0, 0.1) is 29.6 Å². The highest BCUT2D eigenvalue weighted by atomic mass is 16.5. The number of imide groups is 2. The lowest BCUT2D eigenvalue weighted by atomic mass is 9.57. The zero-order valence-corrected chi connectivity index (χ0v) is 22.8. The van der Waals surface area contributed by atoms with Gasteiger partial charge >= 0.3 is 0 Å². The zero-order chi connectivity index (χ0) is 29.0. The van der Waals surface area contributed by atoms with Gasteiger partial charge in [-0.3, -0.25) is 29.0 Å². The van der Waals surface area contributed by atoms with Crippen molar-refractivity contribution in [2.45, 2.75) is 18.8 Å². The summed E-state index contributed by atoms with van der Waals surface area (Å²) in [6.07, 6.45) is 2.79. The van der Waals surface area contributed by atoms with Crippen LogP contribution in [0.2, 0.25) is 0 Å². The lowest BCUT2D eigenvalue weighted by Crippen LogP contribution is -2.43. The molecular weight excluding hydrogens is 532 g/mol. The van der Waals surface area contributed by atoms with Crippen molar-refractivity contribution in [2.75, 3.05) is 23.0 Å². The van der Waals surface area contributed by atoms with Gasteiger partial charge in [-0.25, -0.2) is 0 Å². The second-order valence-corrected chi connectivity index (χ2v) is 11.4. The second-order valence-electron chi connectivity index (χ2n) is 11.4. The van der Waals surface area contributed by atoms with Crippen LogP contribution in [0.4, 0.5) is 11.4 Å². The molecule has 212 valence electrons. The number of nitrogens with zero attached hydrogens (tertiary/aromatic N) is 2. The summed E-state index contributed by atoms with van der Waals surface area (Å²) in [7, 11) is 0. The van der Waals surface area contributed by atoms with Crippen LogP contribution in [0.5, 0.6) is 5.75 Å². The van der Waals surface area contributed by atoms with Crippen molar-refractivity contribution in [1.29, 1.82) is 0 Å². The summed E-state index contributed by atoms with van der Waals surface area (Å²) in [5.74, 6) is -3.50. The Hall–Kier alpha value is -4.56. The molecule has 3 aromatic carbocycles. The number of hydrogen-bond acceptors (Lipinski definition) is 6. The van der Waals surface area contributed by atoms with Gasteiger partial charge in [0.15, 0.2) is 0 Å². The van der Waals surface area contributed by atoms with Crippen molar-refractivity contribution in [3.8, 4) is 5.75 Å². The van der Waals surface area contributed by atoms with Gasteiger partial charge in [0, 0.05) is 5.92 Å². The van der Waals surface area contributed by atoms with Crippen LogP contribution in [-0.4, -0.2) is 41.9 Å². The van der Waals surface area contributed by atoms with Gasteiger partial charge < -0.3 is 9.84 Å². The fraction of sp³-hybridized carbons (Fsp3) is 0.294. The van der Waals surface area contributed by atoms with Gasteiger partial charge in [-0.15, -0.1) is 0 Å². The molecule has 0 bridgehead atoms. The standard InChI is InChI=1S/C34H30N2O6/c37-17-18-42-23-13-11-20(12-14-23)28-24-15-16-25-29(33(40)35(31(25)38)21-7-3-1-4-8-21)26(24)19-27-30(28)34(41)36(32(27)39)22-9-5-2-6-10-22/h1-15,25-30,37H,16-19H2. The number of benzene rings is 3. The number of aliphatic hydroxyl groups is 1. The molecule has 8 heteroatoms. The van der Waals surface area contributed by atoms with Gasteiger partial charge in [0.25, 0.3) is 0 Å². The van der Waals surface area contributed by atoms with E-state index in [4.69, 9.17) is 9.84 Å². The van der Waals surface area contributed by atoms with Gasteiger partial charge in [-0.1, -0.05) is 60.2 Å². The average molecular weight is 563 g/mol. The molecule has 2 aliphatic carbocycles. The molecule has 0 aromatic heterocycles. The van der Waals surface area contributed by atoms with E-state index in [1.807, 2.05) is 30.3 Å². The number of carbonyl (C=O) groups excluding carboxylic acids is 4. The minimum Gasteiger partial charge on any atom is -0.491 e. The monoisotopic (exact) mass is 562 g/mol. The number of fused-ring (bicyclic) bond motifs is 4. The highest BCUT2D eigenvalue weighted by Gasteiger charge is 2.62. The van der Waals surface area contributed by atoms with Crippen molar-refractivity contribution in [1.82, 2.24) is 0 Å². The van der Waals surface area contributed by atoms with E-state index in [2.05, 4.69) is 0 Å². The Morgan fingerprint density at radius 1 is 0.667 bits per heavy atom. The van der Waals surface area contributed by atoms with E-state index in [1.165, 1.54) is 9.80 Å². The van der Waals surface area contributed by atoms with E-state index >= 15 is 0 Å². The molecular formula is C34H30N2O6. The molecule has 2 saturated heterocycles. The third-order valence-electron chi connectivity index (χ3n) is 9.28. The van der Waals surface area contributed by atoms with Crippen molar-refractivity contribution in [3.05, 3.63) is 102 Å². The summed E-state index contributed by atoms with van der Waals surface area (Å²) in [5, 5.41) is 9.14. The maximum absolute atomic E-state index is 14.1. The van der Waals surface area contributed by atoms with Crippen LogP contribution in [-0.2, 0) is 19.2 Å². The normalized spacial score (nSPS) is 28.4. The number of aliphatic hydroxyl groups excluding tert-OH is 1. The Morgan fingerprint density at radius 2 is 1.24 bits per heavy atom. The Balaban J connectivity index is 1.31. The van der Waals surface area contributed by atoms with E-state index in [0.29, 0.717) is 30.0 Å². The lowest BCUT2D eigenvalue weighted by molar-refractivity contribution is -0.126. The minimum absolute atomic E-state index is 0.107. The highest BCUT2D eigenvalue weighted by Crippen LogP contribution is 2.58. The average Bonchev–Trinajstić information content (AvgIpc) is 3.43. The summed E-state index contributed by atoms with van der Waals surface area (Å²) in [5.41, 5.74) is 2.89. The first-order chi connectivity index (χ1) is 20.5. The molecule has 3 fully saturated rings. The molecule has 0 radical (unpaired) electrons. The van der Waals surface area contributed by atoms with Crippen LogP contribution in [0.25, 0.3) is 0 Å². The van der Waals surface area contributed by atoms with Gasteiger partial charge in [0.05, 0.1) is 41.7 Å². The molecule has 6 unspecified atom stereocenters. The molecule has 2 heterocycles. The van der Waals surface area contributed by atoms with Crippen molar-refractivity contribution < 1.29 is 29.0 Å². The van der Waals surface area contributed by atoms with Crippen LogP contribution in [0.3, 0.4) is 0 Å². The molecule has 42 heavy (non-hydrogen) atoms. The number of para-hydroxylation sites is 2. The van der Waals surface area contributed by atoms with Crippen LogP contribution < -0.4 is 14.5 Å². The van der Waals surface area contributed by atoms with Gasteiger partial charge in [0.1, 0.15) is 12.4 Å². The molecule has 0 spiro atoms. The summed E-state index contributed by atoms with van der Waals surface area (Å²) < 4.78 is 5.56. The maximum atomic E-state index is 14.1. The fourth-order valence-electron chi connectivity index (χ4n) is 7.56. The van der Waals surface area contributed by atoms with Crippen molar-refractivity contribution >= 4 is 35.0 Å². The zero-order valence-electron chi connectivity index (χ0n) is 22.8. The topological polar surface area (TPSA) is 104 Å². The molecule has 3 aromatic rings. The molecule has 4 aliphatic rings. The third-order valence-corrected chi connectivity index (χ3v) is 9.28. The molecule has 1 N–H and O–H groups in total. The number of amides is 4. The Labute approximate surface area is 243 Å². The van der Waals surface area contributed by atoms with Crippen LogP contribution in [0.15, 0.2) is 96.6 Å². The third kappa shape index (κ3) is 4.01. The number of rotatable bonds is 6. The first-order valence-electron chi connectivity index (χ1n) is 14.4. The largest absolute Gasteiger partial charge is 0.491 e. The van der Waals surface area contributed by atoms with Crippen LogP contribution in [0.1, 0.15) is 24.3 Å². The minimum atomic E-state index is -0.626. The predicted octanol–water partition coefficient (Wildman–Crippen LogP) is 4.10. The maximum Gasteiger partial charge on any atom is 0.238 e. The number of allylic oxidation sites excluding steroid dienone is 2. The molecule has 8 nitrogen and oxygen atoms in total. The van der Waals surface area contributed by atoms with E-state index in [-0.39, 0.29) is 42.8 Å². The van der Waals surface area contributed by atoms with E-state index in [0.717, 1.165) is 11.1 Å². The number of ether oxygens (including phenoxy) is 1. The van der Waals surface area contributed by atoms with E-state index < -0.39 is 29.6 Å².